The Labute approximate surface area is 121 Å². The normalized spacial score (nSPS) is 28.4. The number of piperidine rings is 1. The number of amides is 2. The van der Waals surface area contributed by atoms with E-state index in [0.29, 0.717) is 24.4 Å². The molecule has 5 nitrogen and oxygen atoms in total. The summed E-state index contributed by atoms with van der Waals surface area (Å²) in [5.41, 5.74) is 0. The van der Waals surface area contributed by atoms with E-state index in [9.17, 15) is 9.59 Å². The van der Waals surface area contributed by atoms with Gasteiger partial charge in [0.25, 0.3) is 0 Å². The summed E-state index contributed by atoms with van der Waals surface area (Å²) in [5, 5.41) is 9.30. The van der Waals surface area contributed by atoms with Gasteiger partial charge in [0.1, 0.15) is 0 Å². The zero-order chi connectivity index (χ0) is 14.5. The third-order valence-corrected chi connectivity index (χ3v) is 4.23. The average molecular weight is 281 g/mol. The van der Waals surface area contributed by atoms with E-state index in [0.717, 1.165) is 19.3 Å². The predicted octanol–water partition coefficient (Wildman–Crippen LogP) is 0.938. The van der Waals surface area contributed by atoms with Crippen LogP contribution in [-0.4, -0.2) is 36.5 Å². The molecule has 5 heteroatoms. The minimum Gasteiger partial charge on any atom is -0.352 e. The smallest absolute Gasteiger partial charge is 0.239 e. The van der Waals surface area contributed by atoms with Gasteiger partial charge in [0.2, 0.25) is 11.8 Å². The lowest BCUT2D eigenvalue weighted by molar-refractivity contribution is -0.126. The Morgan fingerprint density at radius 3 is 2.40 bits per heavy atom. The van der Waals surface area contributed by atoms with Crippen molar-refractivity contribution in [2.24, 2.45) is 5.92 Å². The highest BCUT2D eigenvalue weighted by molar-refractivity contribution is 5.84. The number of rotatable bonds is 6. The van der Waals surface area contributed by atoms with E-state index in [4.69, 9.17) is 0 Å². The van der Waals surface area contributed by atoms with Crippen molar-refractivity contribution >= 4 is 11.8 Å². The molecule has 2 amide bonds. The molecule has 20 heavy (non-hydrogen) atoms. The zero-order valence-electron chi connectivity index (χ0n) is 12.6. The molecule has 0 aromatic carbocycles. The van der Waals surface area contributed by atoms with Crippen molar-refractivity contribution in [3.8, 4) is 0 Å². The van der Waals surface area contributed by atoms with Gasteiger partial charge >= 0.3 is 0 Å². The molecule has 0 aliphatic carbocycles. The Balaban J connectivity index is 1.62. The third-order valence-electron chi connectivity index (χ3n) is 4.23. The third kappa shape index (κ3) is 4.78. The van der Waals surface area contributed by atoms with Crippen molar-refractivity contribution in [2.45, 2.75) is 70.5 Å². The molecule has 3 N–H and O–H groups in total. The Bertz CT molecular complexity index is 345. The van der Waals surface area contributed by atoms with Gasteiger partial charge in [-0.25, -0.2) is 0 Å². The van der Waals surface area contributed by atoms with Crippen LogP contribution >= 0.6 is 0 Å². The van der Waals surface area contributed by atoms with Crippen molar-refractivity contribution in [1.29, 1.82) is 0 Å². The Morgan fingerprint density at radius 1 is 1.15 bits per heavy atom. The highest BCUT2D eigenvalue weighted by atomic mass is 16.2. The fraction of sp³-hybridized carbons (Fsp3) is 0.867. The standard InChI is InChI=1S/C15H27N3O2/c1-10(2)3-6-14(19)16-9-15(20)18-13-7-11-4-5-12(8-13)17-11/h10-13,17H,3-9H2,1-2H3,(H,16,19)(H,18,20). The molecule has 0 aromatic rings. The van der Waals surface area contributed by atoms with Crippen molar-refractivity contribution in [3.05, 3.63) is 0 Å². The monoisotopic (exact) mass is 281 g/mol. The van der Waals surface area contributed by atoms with Crippen molar-refractivity contribution in [2.75, 3.05) is 6.54 Å². The molecule has 2 fully saturated rings. The topological polar surface area (TPSA) is 70.2 Å². The molecule has 2 saturated heterocycles. The predicted molar refractivity (Wildman–Crippen MR) is 78.2 cm³/mol. The van der Waals surface area contributed by atoms with Crippen molar-refractivity contribution in [3.63, 3.8) is 0 Å². The van der Waals surface area contributed by atoms with Crippen LogP contribution in [0.25, 0.3) is 0 Å². The van der Waals surface area contributed by atoms with Gasteiger partial charge in [0.05, 0.1) is 6.54 Å². The number of fused-ring (bicyclic) bond motifs is 2. The number of nitrogens with one attached hydrogen (secondary N) is 3. The van der Waals surface area contributed by atoms with Gasteiger partial charge < -0.3 is 16.0 Å². The summed E-state index contributed by atoms with van der Waals surface area (Å²) < 4.78 is 0. The van der Waals surface area contributed by atoms with Crippen LogP contribution in [0.3, 0.4) is 0 Å². The number of carbonyl (C=O) groups excluding carboxylic acids is 2. The zero-order valence-corrected chi connectivity index (χ0v) is 12.6. The first-order chi connectivity index (χ1) is 9.52. The summed E-state index contributed by atoms with van der Waals surface area (Å²) in [5.74, 6) is 0.424. The van der Waals surface area contributed by atoms with Crippen LogP contribution < -0.4 is 16.0 Å². The summed E-state index contributed by atoms with van der Waals surface area (Å²) in [4.78, 5) is 23.4. The summed E-state index contributed by atoms with van der Waals surface area (Å²) in [6.07, 6.45) is 5.85. The van der Waals surface area contributed by atoms with Gasteiger partial charge in [-0.05, 0) is 38.0 Å². The molecule has 2 rings (SSSR count). The van der Waals surface area contributed by atoms with Crippen LogP contribution in [0.2, 0.25) is 0 Å². The van der Waals surface area contributed by atoms with E-state index >= 15 is 0 Å². The van der Waals surface area contributed by atoms with Gasteiger partial charge in [0, 0.05) is 24.5 Å². The first kappa shape index (κ1) is 15.3. The van der Waals surface area contributed by atoms with E-state index < -0.39 is 0 Å². The van der Waals surface area contributed by atoms with Crippen molar-refractivity contribution in [1.82, 2.24) is 16.0 Å². The molecule has 0 spiro atoms. The molecule has 2 bridgehead atoms. The van der Waals surface area contributed by atoms with Gasteiger partial charge in [-0.1, -0.05) is 13.8 Å². The molecule has 2 atom stereocenters. The SMILES string of the molecule is CC(C)CCC(=O)NCC(=O)NC1CC2CCC(C1)N2. The fourth-order valence-corrected chi connectivity index (χ4v) is 3.14. The van der Waals surface area contributed by atoms with Crippen LogP contribution in [-0.2, 0) is 9.59 Å². The van der Waals surface area contributed by atoms with Gasteiger partial charge in [-0.2, -0.15) is 0 Å². The lowest BCUT2D eigenvalue weighted by atomic mass is 10.00. The largest absolute Gasteiger partial charge is 0.352 e. The molecular weight excluding hydrogens is 254 g/mol. The highest BCUT2D eigenvalue weighted by Crippen LogP contribution is 2.26. The Hall–Kier alpha value is -1.10. The molecule has 2 heterocycles. The summed E-state index contributed by atoms with van der Waals surface area (Å²) in [7, 11) is 0. The molecule has 0 aromatic heterocycles. The van der Waals surface area contributed by atoms with Crippen LogP contribution in [0, 0.1) is 5.92 Å². The van der Waals surface area contributed by atoms with Gasteiger partial charge in [-0.15, -0.1) is 0 Å². The second-order valence-electron chi connectivity index (χ2n) is 6.58. The minimum absolute atomic E-state index is 0.0285. The molecular formula is C15H27N3O2. The second-order valence-corrected chi connectivity index (χ2v) is 6.58. The fourth-order valence-electron chi connectivity index (χ4n) is 3.14. The maximum absolute atomic E-state index is 11.8. The molecule has 114 valence electrons. The van der Waals surface area contributed by atoms with Crippen LogP contribution in [0.1, 0.15) is 52.4 Å². The number of hydrogen-bond acceptors (Lipinski definition) is 3. The van der Waals surface area contributed by atoms with Crippen LogP contribution in [0.4, 0.5) is 0 Å². The molecule has 2 aliphatic rings. The van der Waals surface area contributed by atoms with Crippen molar-refractivity contribution < 1.29 is 9.59 Å². The Kier molecular flexibility index (Phi) is 5.40. The highest BCUT2D eigenvalue weighted by Gasteiger charge is 2.33. The molecule has 2 aliphatic heterocycles. The molecule has 0 saturated carbocycles. The average Bonchev–Trinajstić information content (AvgIpc) is 2.73. The van der Waals surface area contributed by atoms with Gasteiger partial charge in [-0.3, -0.25) is 9.59 Å². The summed E-state index contributed by atoms with van der Waals surface area (Å²) in [6.45, 7) is 4.28. The second kappa shape index (κ2) is 7.07. The number of carbonyl (C=O) groups is 2. The van der Waals surface area contributed by atoms with E-state index in [-0.39, 0.29) is 24.4 Å². The Morgan fingerprint density at radius 2 is 1.80 bits per heavy atom. The quantitative estimate of drug-likeness (QED) is 0.678. The lowest BCUT2D eigenvalue weighted by Gasteiger charge is -2.29. The molecule has 0 radical (unpaired) electrons. The van der Waals surface area contributed by atoms with E-state index in [2.05, 4.69) is 29.8 Å². The maximum Gasteiger partial charge on any atom is 0.239 e. The summed E-state index contributed by atoms with van der Waals surface area (Å²) in [6, 6.07) is 1.41. The lowest BCUT2D eigenvalue weighted by Crippen LogP contribution is -2.50. The maximum atomic E-state index is 11.8. The van der Waals surface area contributed by atoms with Crippen LogP contribution in [0.15, 0.2) is 0 Å². The first-order valence-corrected chi connectivity index (χ1v) is 7.85. The minimum atomic E-state index is -0.0609. The molecule has 2 unspecified atom stereocenters. The summed E-state index contributed by atoms with van der Waals surface area (Å²) >= 11 is 0. The van der Waals surface area contributed by atoms with Gasteiger partial charge in [0.15, 0.2) is 0 Å². The first-order valence-electron chi connectivity index (χ1n) is 7.85. The van der Waals surface area contributed by atoms with E-state index in [1.165, 1.54) is 12.8 Å². The van der Waals surface area contributed by atoms with E-state index in [1.807, 2.05) is 0 Å². The van der Waals surface area contributed by atoms with Crippen LogP contribution in [0.5, 0.6) is 0 Å². The van der Waals surface area contributed by atoms with E-state index in [1.54, 1.807) is 0 Å². The number of hydrogen-bond donors (Lipinski definition) is 3.